The first kappa shape index (κ1) is 20.1. The van der Waals surface area contributed by atoms with E-state index in [0.717, 1.165) is 12.8 Å². The van der Waals surface area contributed by atoms with Crippen LogP contribution >= 0.6 is 11.6 Å². The molecule has 1 saturated carbocycles. The fourth-order valence-corrected chi connectivity index (χ4v) is 4.90. The number of carbonyl (C=O) groups is 1. The first-order valence-corrected chi connectivity index (χ1v) is 11.3. The maximum atomic E-state index is 14.6. The van der Waals surface area contributed by atoms with Gasteiger partial charge in [-0.15, -0.1) is 0 Å². The Morgan fingerprint density at radius 1 is 1.03 bits per heavy atom. The van der Waals surface area contributed by atoms with Crippen molar-refractivity contribution in [3.8, 4) is 0 Å². The maximum absolute atomic E-state index is 14.6. The van der Waals surface area contributed by atoms with E-state index < -0.39 is 15.8 Å². The number of anilines is 2. The average molecular weight is 438 g/mol. The summed E-state index contributed by atoms with van der Waals surface area (Å²) in [5.41, 5.74) is 0.838. The standard InChI is InChI=1S/C20H21ClFN3O3S/c21-15-3-6-17(7-4-15)29(27,28)25-11-9-24(10-12-25)19-8-5-16(13-18(19)22)23-20(26)14-1-2-14/h3-8,13-14H,1-2,9-12H2,(H,23,26). The van der Waals surface area contributed by atoms with Gasteiger partial charge in [0.1, 0.15) is 5.82 Å². The Balaban J connectivity index is 1.41. The zero-order valence-corrected chi connectivity index (χ0v) is 17.2. The van der Waals surface area contributed by atoms with Crippen molar-refractivity contribution in [2.45, 2.75) is 17.7 Å². The molecule has 1 amide bonds. The third-order valence-corrected chi connectivity index (χ3v) is 7.36. The third-order valence-electron chi connectivity index (χ3n) is 5.19. The molecule has 2 aromatic rings. The fourth-order valence-electron chi connectivity index (χ4n) is 3.36. The highest BCUT2D eigenvalue weighted by Crippen LogP contribution is 2.31. The third kappa shape index (κ3) is 4.39. The molecule has 0 atom stereocenters. The van der Waals surface area contributed by atoms with Crippen LogP contribution in [0.3, 0.4) is 0 Å². The van der Waals surface area contributed by atoms with E-state index in [4.69, 9.17) is 11.6 Å². The Bertz CT molecular complexity index is 1020. The van der Waals surface area contributed by atoms with Crippen molar-refractivity contribution in [3.63, 3.8) is 0 Å². The molecular formula is C20H21ClFN3O3S. The summed E-state index contributed by atoms with van der Waals surface area (Å²) >= 11 is 5.83. The molecule has 0 radical (unpaired) electrons. The lowest BCUT2D eigenvalue weighted by Gasteiger charge is -2.35. The summed E-state index contributed by atoms with van der Waals surface area (Å²) in [6.07, 6.45) is 1.77. The van der Waals surface area contributed by atoms with E-state index in [9.17, 15) is 17.6 Å². The lowest BCUT2D eigenvalue weighted by molar-refractivity contribution is -0.117. The van der Waals surface area contributed by atoms with Crippen LogP contribution in [-0.2, 0) is 14.8 Å². The Morgan fingerprint density at radius 3 is 2.28 bits per heavy atom. The molecule has 1 aliphatic heterocycles. The van der Waals surface area contributed by atoms with E-state index in [1.54, 1.807) is 24.3 Å². The summed E-state index contributed by atoms with van der Waals surface area (Å²) in [7, 11) is -3.61. The minimum atomic E-state index is -3.61. The van der Waals surface area contributed by atoms with Crippen LogP contribution in [0.25, 0.3) is 0 Å². The Kier molecular flexibility index (Phi) is 5.50. The van der Waals surface area contributed by atoms with Crippen LogP contribution in [0.5, 0.6) is 0 Å². The largest absolute Gasteiger partial charge is 0.367 e. The monoisotopic (exact) mass is 437 g/mol. The zero-order chi connectivity index (χ0) is 20.6. The molecule has 6 nitrogen and oxygen atoms in total. The molecular weight excluding hydrogens is 417 g/mol. The molecule has 1 aliphatic carbocycles. The first-order valence-electron chi connectivity index (χ1n) is 9.46. The molecule has 29 heavy (non-hydrogen) atoms. The molecule has 0 spiro atoms. The van der Waals surface area contributed by atoms with Gasteiger partial charge in [-0.25, -0.2) is 12.8 Å². The highest BCUT2D eigenvalue weighted by molar-refractivity contribution is 7.89. The van der Waals surface area contributed by atoms with Crippen LogP contribution in [0.4, 0.5) is 15.8 Å². The van der Waals surface area contributed by atoms with Gasteiger partial charge in [0.05, 0.1) is 10.6 Å². The second-order valence-corrected chi connectivity index (χ2v) is 9.65. The van der Waals surface area contributed by atoms with Gasteiger partial charge in [0.25, 0.3) is 0 Å². The van der Waals surface area contributed by atoms with Crippen molar-refractivity contribution >= 4 is 38.9 Å². The number of hydrogen-bond donors (Lipinski definition) is 1. The summed E-state index contributed by atoms with van der Waals surface area (Å²) in [6, 6.07) is 10.7. The van der Waals surface area contributed by atoms with E-state index in [0.29, 0.717) is 29.5 Å². The molecule has 2 aliphatic rings. The van der Waals surface area contributed by atoms with Crippen LogP contribution < -0.4 is 10.2 Å². The summed E-state index contributed by atoms with van der Waals surface area (Å²) < 4.78 is 41.5. The molecule has 9 heteroatoms. The Labute approximate surface area is 174 Å². The highest BCUT2D eigenvalue weighted by Gasteiger charge is 2.31. The van der Waals surface area contributed by atoms with Gasteiger partial charge in [-0.1, -0.05) is 11.6 Å². The van der Waals surface area contributed by atoms with E-state index >= 15 is 0 Å². The van der Waals surface area contributed by atoms with Crippen LogP contribution in [0.2, 0.25) is 5.02 Å². The highest BCUT2D eigenvalue weighted by atomic mass is 35.5. The second kappa shape index (κ2) is 7.93. The Morgan fingerprint density at radius 2 is 1.69 bits per heavy atom. The van der Waals surface area contributed by atoms with E-state index in [2.05, 4.69) is 5.32 Å². The number of amides is 1. The number of nitrogens with one attached hydrogen (secondary N) is 1. The number of piperazine rings is 1. The minimum absolute atomic E-state index is 0.0494. The van der Waals surface area contributed by atoms with Gasteiger partial charge in [0.15, 0.2) is 0 Å². The van der Waals surface area contributed by atoms with Crippen molar-refractivity contribution in [2.75, 3.05) is 36.4 Å². The van der Waals surface area contributed by atoms with E-state index in [-0.39, 0.29) is 29.8 Å². The molecule has 1 heterocycles. The van der Waals surface area contributed by atoms with Gasteiger partial charge in [0, 0.05) is 42.8 Å². The lowest BCUT2D eigenvalue weighted by atomic mass is 10.2. The van der Waals surface area contributed by atoms with Gasteiger partial charge in [0.2, 0.25) is 15.9 Å². The number of benzene rings is 2. The summed E-state index contributed by atoms with van der Waals surface area (Å²) in [5.74, 6) is -0.459. The van der Waals surface area contributed by atoms with Gasteiger partial charge in [-0.2, -0.15) is 4.31 Å². The molecule has 154 valence electrons. The second-order valence-electron chi connectivity index (χ2n) is 7.27. The topological polar surface area (TPSA) is 69.7 Å². The van der Waals surface area contributed by atoms with Crippen LogP contribution in [0, 0.1) is 11.7 Å². The van der Waals surface area contributed by atoms with Gasteiger partial charge in [-0.05, 0) is 55.3 Å². The van der Waals surface area contributed by atoms with Crippen molar-refractivity contribution in [1.29, 1.82) is 0 Å². The number of sulfonamides is 1. The SMILES string of the molecule is O=C(Nc1ccc(N2CCN(S(=O)(=O)c3ccc(Cl)cc3)CC2)c(F)c1)C1CC1. The van der Waals surface area contributed by atoms with Crippen molar-refractivity contribution in [3.05, 3.63) is 53.3 Å². The van der Waals surface area contributed by atoms with Crippen LogP contribution in [0.1, 0.15) is 12.8 Å². The van der Waals surface area contributed by atoms with Crippen LogP contribution in [-0.4, -0.2) is 44.8 Å². The van der Waals surface area contributed by atoms with E-state index in [1.165, 1.54) is 22.5 Å². The van der Waals surface area contributed by atoms with Crippen LogP contribution in [0.15, 0.2) is 47.4 Å². The molecule has 0 bridgehead atoms. The predicted molar refractivity (Wildman–Crippen MR) is 110 cm³/mol. The van der Waals surface area contributed by atoms with Gasteiger partial charge in [-0.3, -0.25) is 4.79 Å². The zero-order valence-electron chi connectivity index (χ0n) is 15.6. The summed E-state index contributed by atoms with van der Waals surface area (Å²) in [6.45, 7) is 1.25. The maximum Gasteiger partial charge on any atom is 0.243 e. The fraction of sp³-hybridized carbons (Fsp3) is 0.350. The summed E-state index contributed by atoms with van der Waals surface area (Å²) in [4.78, 5) is 13.8. The molecule has 1 N–H and O–H groups in total. The van der Waals surface area contributed by atoms with Gasteiger partial charge < -0.3 is 10.2 Å². The normalized spacial score (nSPS) is 17.9. The predicted octanol–water partition coefficient (Wildman–Crippen LogP) is 3.34. The quantitative estimate of drug-likeness (QED) is 0.778. The first-order chi connectivity index (χ1) is 13.8. The molecule has 0 aromatic heterocycles. The number of carbonyl (C=O) groups excluding carboxylic acids is 1. The molecule has 2 fully saturated rings. The molecule has 0 unspecified atom stereocenters. The molecule has 4 rings (SSSR count). The number of halogens is 2. The number of hydrogen-bond acceptors (Lipinski definition) is 4. The van der Waals surface area contributed by atoms with E-state index in [1.807, 2.05) is 4.90 Å². The minimum Gasteiger partial charge on any atom is -0.367 e. The van der Waals surface area contributed by atoms with Crippen molar-refractivity contribution < 1.29 is 17.6 Å². The summed E-state index contributed by atoms with van der Waals surface area (Å²) in [5, 5.41) is 3.20. The average Bonchev–Trinajstić information content (AvgIpc) is 3.54. The van der Waals surface area contributed by atoms with Crippen molar-refractivity contribution in [1.82, 2.24) is 4.31 Å². The van der Waals surface area contributed by atoms with Gasteiger partial charge >= 0.3 is 0 Å². The van der Waals surface area contributed by atoms with Crippen molar-refractivity contribution in [2.24, 2.45) is 5.92 Å². The lowest BCUT2D eigenvalue weighted by Crippen LogP contribution is -2.48. The number of nitrogens with zero attached hydrogens (tertiary/aromatic N) is 2. The molecule has 1 saturated heterocycles. The Hall–Kier alpha value is -2.16. The number of rotatable bonds is 5. The smallest absolute Gasteiger partial charge is 0.243 e. The molecule has 2 aromatic carbocycles.